The van der Waals surface area contributed by atoms with Crippen molar-refractivity contribution in [2.24, 2.45) is 5.92 Å². The average molecular weight is 276 g/mol. The van der Waals surface area contributed by atoms with Crippen molar-refractivity contribution in [3.63, 3.8) is 0 Å². The predicted molar refractivity (Wildman–Crippen MR) is 79.8 cm³/mol. The van der Waals surface area contributed by atoms with Gasteiger partial charge in [0.25, 0.3) is 0 Å². The van der Waals surface area contributed by atoms with Crippen LogP contribution in [0.3, 0.4) is 0 Å². The SMILES string of the molecule is O=C1C([C@H]2c3ccccc3-c3cncn32)=C2CCC1CC2. The molecule has 0 unspecified atom stereocenters. The Labute approximate surface area is 123 Å². The van der Waals surface area contributed by atoms with Crippen LogP contribution in [-0.4, -0.2) is 15.3 Å². The first-order chi connectivity index (χ1) is 10.3. The summed E-state index contributed by atoms with van der Waals surface area (Å²) >= 11 is 0. The van der Waals surface area contributed by atoms with Gasteiger partial charge in [0.05, 0.1) is 24.3 Å². The lowest BCUT2D eigenvalue weighted by atomic mass is 9.70. The Bertz CT molecular complexity index is 789. The van der Waals surface area contributed by atoms with Crippen molar-refractivity contribution >= 4 is 5.78 Å². The minimum absolute atomic E-state index is 0.0595. The van der Waals surface area contributed by atoms with Gasteiger partial charge in [0.1, 0.15) is 0 Å². The summed E-state index contributed by atoms with van der Waals surface area (Å²) < 4.78 is 2.19. The number of fused-ring (bicyclic) bond motifs is 6. The van der Waals surface area contributed by atoms with Crippen LogP contribution in [0.1, 0.15) is 37.3 Å². The molecule has 1 saturated carbocycles. The highest BCUT2D eigenvalue weighted by atomic mass is 16.1. The van der Waals surface area contributed by atoms with Crippen LogP contribution in [0.15, 0.2) is 47.9 Å². The summed E-state index contributed by atoms with van der Waals surface area (Å²) in [6, 6.07) is 8.49. The van der Waals surface area contributed by atoms with E-state index in [1.165, 1.54) is 16.7 Å². The van der Waals surface area contributed by atoms with Gasteiger partial charge in [-0.05, 0) is 31.2 Å². The van der Waals surface area contributed by atoms with E-state index >= 15 is 0 Å². The van der Waals surface area contributed by atoms with Gasteiger partial charge in [0.15, 0.2) is 5.78 Å². The standard InChI is InChI=1S/C18H16N2O/c21-18-12-7-5-11(6-8-12)16(18)17-14-4-2-1-3-13(14)15-9-19-10-20(15)17/h1-4,9-10,12,17H,5-8H2/t17-/m1/s1. The maximum Gasteiger partial charge on any atom is 0.164 e. The van der Waals surface area contributed by atoms with Gasteiger partial charge >= 0.3 is 0 Å². The van der Waals surface area contributed by atoms with E-state index < -0.39 is 0 Å². The minimum Gasteiger partial charge on any atom is -0.319 e. The fraction of sp³-hybridized carbons (Fsp3) is 0.333. The molecule has 3 heteroatoms. The van der Waals surface area contributed by atoms with Crippen molar-refractivity contribution in [1.29, 1.82) is 0 Å². The molecule has 2 bridgehead atoms. The Balaban J connectivity index is 1.78. The third-order valence-electron chi connectivity index (χ3n) is 5.36. The number of hydrogen-bond acceptors (Lipinski definition) is 2. The molecular weight excluding hydrogens is 260 g/mol. The average Bonchev–Trinajstić information content (AvgIpc) is 3.10. The van der Waals surface area contributed by atoms with Gasteiger partial charge in [-0.15, -0.1) is 0 Å². The van der Waals surface area contributed by atoms with Gasteiger partial charge in [-0.2, -0.15) is 0 Å². The van der Waals surface area contributed by atoms with E-state index in [0.717, 1.165) is 37.0 Å². The number of benzene rings is 1. The molecule has 21 heavy (non-hydrogen) atoms. The third-order valence-corrected chi connectivity index (χ3v) is 5.36. The Morgan fingerprint density at radius 3 is 2.76 bits per heavy atom. The second-order valence-corrected chi connectivity index (χ2v) is 6.33. The second kappa shape index (κ2) is 3.94. The van der Waals surface area contributed by atoms with Crippen LogP contribution in [0, 0.1) is 5.92 Å². The maximum atomic E-state index is 12.8. The molecule has 3 aliphatic carbocycles. The summed E-state index contributed by atoms with van der Waals surface area (Å²) in [4.78, 5) is 17.1. The summed E-state index contributed by atoms with van der Waals surface area (Å²) in [6.07, 6.45) is 8.12. The molecule has 3 nitrogen and oxygen atoms in total. The van der Waals surface area contributed by atoms with Crippen molar-refractivity contribution in [2.75, 3.05) is 0 Å². The van der Waals surface area contributed by atoms with Crippen LogP contribution >= 0.6 is 0 Å². The minimum atomic E-state index is 0.0595. The van der Waals surface area contributed by atoms with Gasteiger partial charge in [0, 0.05) is 17.1 Å². The lowest BCUT2D eigenvalue weighted by Crippen LogP contribution is -2.32. The first kappa shape index (κ1) is 11.5. The van der Waals surface area contributed by atoms with Crippen LogP contribution < -0.4 is 0 Å². The molecule has 4 aliphatic rings. The second-order valence-electron chi connectivity index (χ2n) is 6.33. The highest BCUT2D eigenvalue weighted by Crippen LogP contribution is 2.49. The molecule has 2 heterocycles. The predicted octanol–water partition coefficient (Wildman–Crippen LogP) is 3.52. The molecule has 1 aromatic carbocycles. The van der Waals surface area contributed by atoms with E-state index in [0.29, 0.717) is 5.78 Å². The van der Waals surface area contributed by atoms with Crippen LogP contribution in [0.2, 0.25) is 0 Å². The maximum absolute atomic E-state index is 12.8. The molecule has 0 radical (unpaired) electrons. The van der Waals surface area contributed by atoms with Crippen molar-refractivity contribution in [3.05, 3.63) is 53.5 Å². The Kier molecular flexibility index (Phi) is 2.16. The van der Waals surface area contributed by atoms with E-state index in [-0.39, 0.29) is 12.0 Å². The first-order valence-electron chi connectivity index (χ1n) is 7.72. The van der Waals surface area contributed by atoms with Crippen LogP contribution in [0.4, 0.5) is 0 Å². The summed E-state index contributed by atoms with van der Waals surface area (Å²) in [7, 11) is 0. The molecule has 1 aromatic heterocycles. The van der Waals surface area contributed by atoms with Gasteiger partial charge in [-0.1, -0.05) is 29.8 Å². The van der Waals surface area contributed by atoms with Gasteiger partial charge in [0.2, 0.25) is 0 Å². The number of nitrogens with zero attached hydrogens (tertiary/aromatic N) is 2. The third kappa shape index (κ3) is 1.39. The normalized spacial score (nSPS) is 23.6. The molecule has 0 amide bonds. The van der Waals surface area contributed by atoms with Crippen molar-refractivity contribution < 1.29 is 4.79 Å². The van der Waals surface area contributed by atoms with Gasteiger partial charge < -0.3 is 4.57 Å². The lowest BCUT2D eigenvalue weighted by molar-refractivity contribution is -0.121. The van der Waals surface area contributed by atoms with Crippen LogP contribution in [0.5, 0.6) is 0 Å². The fourth-order valence-electron chi connectivity index (χ4n) is 4.35. The number of imidazole rings is 1. The number of allylic oxidation sites excluding steroid dienone is 2. The molecular formula is C18H16N2O. The molecule has 0 saturated heterocycles. The summed E-state index contributed by atoms with van der Waals surface area (Å²) in [5.74, 6) is 0.654. The lowest BCUT2D eigenvalue weighted by Gasteiger charge is -2.35. The highest BCUT2D eigenvalue weighted by Gasteiger charge is 2.41. The smallest absolute Gasteiger partial charge is 0.164 e. The molecule has 0 N–H and O–H groups in total. The number of carbonyl (C=O) groups excluding carboxylic acids is 1. The van der Waals surface area contributed by atoms with E-state index in [4.69, 9.17) is 0 Å². The number of aromatic nitrogens is 2. The van der Waals surface area contributed by atoms with Gasteiger partial charge in [-0.3, -0.25) is 4.79 Å². The van der Waals surface area contributed by atoms with E-state index in [9.17, 15) is 4.79 Å². The summed E-state index contributed by atoms with van der Waals surface area (Å²) in [6.45, 7) is 0. The molecule has 1 atom stereocenters. The number of ketones is 1. The Morgan fingerprint density at radius 1 is 1.14 bits per heavy atom. The zero-order chi connectivity index (χ0) is 14.0. The summed E-state index contributed by atoms with van der Waals surface area (Å²) in [5, 5.41) is 0. The number of hydrogen-bond donors (Lipinski definition) is 0. The number of carbonyl (C=O) groups is 1. The summed E-state index contributed by atoms with van der Waals surface area (Å²) in [5.41, 5.74) is 6.09. The van der Waals surface area contributed by atoms with Crippen molar-refractivity contribution in [2.45, 2.75) is 31.7 Å². The molecule has 2 aromatic rings. The molecule has 6 rings (SSSR count). The monoisotopic (exact) mass is 276 g/mol. The number of Topliss-reactive ketones (excluding diaryl/α,β-unsaturated/α-hetero) is 1. The zero-order valence-corrected chi connectivity index (χ0v) is 11.7. The topological polar surface area (TPSA) is 34.9 Å². The van der Waals surface area contributed by atoms with Crippen LogP contribution in [-0.2, 0) is 4.79 Å². The Hall–Kier alpha value is -2.16. The highest BCUT2D eigenvalue weighted by molar-refractivity contribution is 6.02. The zero-order valence-electron chi connectivity index (χ0n) is 11.7. The van der Waals surface area contributed by atoms with E-state index in [1.807, 2.05) is 12.5 Å². The number of rotatable bonds is 1. The quantitative estimate of drug-likeness (QED) is 0.798. The van der Waals surface area contributed by atoms with Crippen molar-refractivity contribution in [3.8, 4) is 11.3 Å². The molecule has 1 fully saturated rings. The molecule has 1 aliphatic heterocycles. The fourth-order valence-corrected chi connectivity index (χ4v) is 4.35. The van der Waals surface area contributed by atoms with Crippen LogP contribution in [0.25, 0.3) is 11.3 Å². The van der Waals surface area contributed by atoms with Gasteiger partial charge in [-0.25, -0.2) is 4.98 Å². The van der Waals surface area contributed by atoms with E-state index in [2.05, 4.69) is 33.8 Å². The first-order valence-corrected chi connectivity index (χ1v) is 7.72. The molecule has 0 spiro atoms. The largest absolute Gasteiger partial charge is 0.319 e. The molecule has 104 valence electrons. The van der Waals surface area contributed by atoms with Crippen molar-refractivity contribution in [1.82, 2.24) is 9.55 Å². The Morgan fingerprint density at radius 2 is 1.95 bits per heavy atom. The van der Waals surface area contributed by atoms with E-state index in [1.54, 1.807) is 0 Å².